The molecule has 4 N–H and O–H groups in total. The Hall–Kier alpha value is -2.12. The van der Waals surface area contributed by atoms with Gasteiger partial charge >= 0.3 is 0 Å². The highest BCUT2D eigenvalue weighted by Gasteiger charge is 2.18. The number of methoxy groups -OCH3 is 2. The third kappa shape index (κ3) is 5.01. The molecule has 0 aliphatic rings. The highest BCUT2D eigenvalue weighted by Crippen LogP contribution is 2.28. The van der Waals surface area contributed by atoms with Crippen molar-refractivity contribution in [3.05, 3.63) is 18.2 Å². The van der Waals surface area contributed by atoms with E-state index >= 15 is 0 Å². The van der Waals surface area contributed by atoms with Crippen LogP contribution in [0.1, 0.15) is 13.8 Å². The lowest BCUT2D eigenvalue weighted by atomic mass is 10.0. The normalized spacial score (nSPS) is 11.9. The molecule has 1 unspecified atom stereocenters. The summed E-state index contributed by atoms with van der Waals surface area (Å²) in [5.41, 5.74) is 6.83. The maximum absolute atomic E-state index is 11.9. The summed E-state index contributed by atoms with van der Waals surface area (Å²) >= 11 is 0. The largest absolute Gasteiger partial charge is 0.494 e. The van der Waals surface area contributed by atoms with Crippen molar-refractivity contribution in [3.63, 3.8) is 0 Å². The summed E-state index contributed by atoms with van der Waals surface area (Å²) < 4.78 is 9.97. The van der Waals surface area contributed by atoms with Gasteiger partial charge in [-0.15, -0.1) is 0 Å². The molecule has 0 aliphatic heterocycles. The minimum atomic E-state index is -0.591. The van der Waals surface area contributed by atoms with E-state index in [1.165, 1.54) is 14.2 Å². The molecule has 0 fully saturated rings. The summed E-state index contributed by atoms with van der Waals surface area (Å²) in [7, 11) is 2.92. The summed E-state index contributed by atoms with van der Waals surface area (Å²) in [5.74, 6) is -0.0949. The van der Waals surface area contributed by atoms with Gasteiger partial charge < -0.3 is 25.8 Å². The van der Waals surface area contributed by atoms with Crippen molar-refractivity contribution in [2.45, 2.75) is 19.9 Å². The molecule has 7 heteroatoms. The number of hydrogen-bond donors (Lipinski definition) is 3. The lowest BCUT2D eigenvalue weighted by Crippen LogP contribution is -2.39. The van der Waals surface area contributed by atoms with Crippen molar-refractivity contribution in [2.24, 2.45) is 11.7 Å². The highest BCUT2D eigenvalue weighted by molar-refractivity contribution is 5.96. The zero-order chi connectivity index (χ0) is 16.7. The van der Waals surface area contributed by atoms with Crippen LogP contribution in [-0.2, 0) is 14.3 Å². The summed E-state index contributed by atoms with van der Waals surface area (Å²) in [6.07, 6.45) is 0. The molecule has 1 aromatic carbocycles. The Balaban J connectivity index is 2.84. The third-order valence-electron chi connectivity index (χ3n) is 3.04. The van der Waals surface area contributed by atoms with E-state index in [0.717, 1.165) is 0 Å². The van der Waals surface area contributed by atoms with Crippen LogP contribution in [0.5, 0.6) is 5.75 Å². The van der Waals surface area contributed by atoms with Crippen molar-refractivity contribution in [1.82, 2.24) is 0 Å². The molecule has 0 saturated carbocycles. The minimum Gasteiger partial charge on any atom is -0.494 e. The average molecular weight is 309 g/mol. The lowest BCUT2D eigenvalue weighted by molar-refractivity contribution is -0.120. The Bertz CT molecular complexity index is 532. The Morgan fingerprint density at radius 3 is 2.45 bits per heavy atom. The van der Waals surface area contributed by atoms with Crippen molar-refractivity contribution in [2.75, 3.05) is 31.5 Å². The van der Waals surface area contributed by atoms with E-state index in [1.54, 1.807) is 18.2 Å². The number of nitrogens with two attached hydrogens (primary N) is 1. The minimum absolute atomic E-state index is 0.0366. The lowest BCUT2D eigenvalue weighted by Gasteiger charge is -2.16. The SMILES string of the molecule is COCC(=O)Nc1ccc(NC(=O)C(N)C(C)C)cc1OC. The molecule has 0 radical (unpaired) electrons. The van der Waals surface area contributed by atoms with Crippen LogP contribution in [0.3, 0.4) is 0 Å². The van der Waals surface area contributed by atoms with Crippen molar-refractivity contribution < 1.29 is 19.1 Å². The predicted molar refractivity (Wildman–Crippen MR) is 84.9 cm³/mol. The molecule has 1 aromatic rings. The van der Waals surface area contributed by atoms with Gasteiger partial charge in [-0.25, -0.2) is 0 Å². The van der Waals surface area contributed by atoms with Gasteiger partial charge in [0.2, 0.25) is 11.8 Å². The van der Waals surface area contributed by atoms with Gasteiger partial charge in [0.05, 0.1) is 18.8 Å². The standard InChI is InChI=1S/C15H23N3O4/c1-9(2)14(16)15(20)17-10-5-6-11(12(7-10)22-4)18-13(19)8-21-3/h5-7,9,14H,8,16H2,1-4H3,(H,17,20)(H,18,19). The van der Waals surface area contributed by atoms with Gasteiger partial charge in [0.1, 0.15) is 12.4 Å². The number of benzene rings is 1. The topological polar surface area (TPSA) is 103 Å². The molecular formula is C15H23N3O4. The van der Waals surface area contributed by atoms with Crippen LogP contribution in [0.4, 0.5) is 11.4 Å². The smallest absolute Gasteiger partial charge is 0.250 e. The quantitative estimate of drug-likeness (QED) is 0.702. The van der Waals surface area contributed by atoms with Crippen LogP contribution >= 0.6 is 0 Å². The number of rotatable bonds is 7. The van der Waals surface area contributed by atoms with Gasteiger partial charge in [0.15, 0.2) is 0 Å². The molecule has 0 bridgehead atoms. The maximum Gasteiger partial charge on any atom is 0.250 e. The van der Waals surface area contributed by atoms with E-state index < -0.39 is 6.04 Å². The first kappa shape index (κ1) is 17.9. The average Bonchev–Trinajstić information content (AvgIpc) is 2.47. The molecule has 22 heavy (non-hydrogen) atoms. The molecular weight excluding hydrogens is 286 g/mol. The highest BCUT2D eigenvalue weighted by atomic mass is 16.5. The van der Waals surface area contributed by atoms with E-state index in [4.69, 9.17) is 15.2 Å². The Labute approximate surface area is 130 Å². The number of ether oxygens (including phenoxy) is 2. The molecule has 7 nitrogen and oxygen atoms in total. The van der Waals surface area contributed by atoms with Crippen LogP contribution in [0.25, 0.3) is 0 Å². The Morgan fingerprint density at radius 1 is 1.23 bits per heavy atom. The number of anilines is 2. The number of amides is 2. The van der Waals surface area contributed by atoms with Crippen LogP contribution in [0.15, 0.2) is 18.2 Å². The van der Waals surface area contributed by atoms with E-state index in [9.17, 15) is 9.59 Å². The van der Waals surface area contributed by atoms with E-state index in [0.29, 0.717) is 17.1 Å². The molecule has 2 amide bonds. The van der Waals surface area contributed by atoms with Crippen LogP contribution in [-0.4, -0.2) is 38.7 Å². The summed E-state index contributed by atoms with van der Waals surface area (Å²) in [4.78, 5) is 23.5. The molecule has 122 valence electrons. The maximum atomic E-state index is 11.9. The van der Waals surface area contributed by atoms with Crippen molar-refractivity contribution in [1.29, 1.82) is 0 Å². The number of nitrogens with one attached hydrogen (secondary N) is 2. The number of carbonyl (C=O) groups excluding carboxylic acids is 2. The van der Waals surface area contributed by atoms with E-state index in [2.05, 4.69) is 10.6 Å². The second kappa shape index (κ2) is 8.35. The van der Waals surface area contributed by atoms with E-state index in [-0.39, 0.29) is 24.3 Å². The van der Waals surface area contributed by atoms with Gasteiger partial charge in [-0.3, -0.25) is 9.59 Å². The molecule has 0 aliphatic carbocycles. The van der Waals surface area contributed by atoms with Gasteiger partial charge in [0, 0.05) is 18.9 Å². The molecule has 1 atom stereocenters. The fourth-order valence-corrected chi connectivity index (χ4v) is 1.72. The fourth-order valence-electron chi connectivity index (χ4n) is 1.72. The summed E-state index contributed by atoms with van der Waals surface area (Å²) in [6, 6.07) is 4.33. The van der Waals surface area contributed by atoms with Crippen LogP contribution < -0.4 is 21.1 Å². The van der Waals surface area contributed by atoms with E-state index in [1.807, 2.05) is 13.8 Å². The first-order valence-corrected chi connectivity index (χ1v) is 6.92. The second-order valence-electron chi connectivity index (χ2n) is 5.16. The second-order valence-corrected chi connectivity index (χ2v) is 5.16. The summed E-state index contributed by atoms with van der Waals surface area (Å²) in [5, 5.41) is 5.38. The third-order valence-corrected chi connectivity index (χ3v) is 3.04. The number of carbonyl (C=O) groups is 2. The number of hydrogen-bond acceptors (Lipinski definition) is 5. The van der Waals surface area contributed by atoms with Gasteiger partial charge in [-0.2, -0.15) is 0 Å². The monoisotopic (exact) mass is 309 g/mol. The summed E-state index contributed by atoms with van der Waals surface area (Å²) in [6.45, 7) is 3.70. The van der Waals surface area contributed by atoms with Crippen molar-refractivity contribution >= 4 is 23.2 Å². The molecule has 0 aromatic heterocycles. The molecule has 1 rings (SSSR count). The fraction of sp³-hybridized carbons (Fsp3) is 0.467. The Kier molecular flexibility index (Phi) is 6.81. The molecule has 0 heterocycles. The zero-order valence-electron chi connectivity index (χ0n) is 13.3. The Morgan fingerprint density at radius 2 is 1.91 bits per heavy atom. The van der Waals surface area contributed by atoms with Crippen molar-refractivity contribution in [3.8, 4) is 5.75 Å². The molecule has 0 saturated heterocycles. The molecule has 0 spiro atoms. The van der Waals surface area contributed by atoms with Gasteiger partial charge in [-0.05, 0) is 18.1 Å². The van der Waals surface area contributed by atoms with Crippen LogP contribution in [0.2, 0.25) is 0 Å². The first-order valence-electron chi connectivity index (χ1n) is 6.92. The van der Waals surface area contributed by atoms with Crippen LogP contribution in [0, 0.1) is 5.92 Å². The zero-order valence-corrected chi connectivity index (χ0v) is 13.3. The van der Waals surface area contributed by atoms with Gasteiger partial charge in [0.25, 0.3) is 0 Å². The predicted octanol–water partition coefficient (Wildman–Crippen LogP) is 1.20. The van der Waals surface area contributed by atoms with Gasteiger partial charge in [-0.1, -0.05) is 13.8 Å². The first-order chi connectivity index (χ1) is 10.4.